The molecular formula is C15H18F4N2O2. The quantitative estimate of drug-likeness (QED) is 0.681. The van der Waals surface area contributed by atoms with Crippen LogP contribution >= 0.6 is 0 Å². The number of hydrogen-bond donors (Lipinski definition) is 1. The molecule has 0 spiro atoms. The third-order valence-corrected chi connectivity index (χ3v) is 4.24. The van der Waals surface area contributed by atoms with Crippen molar-refractivity contribution in [2.45, 2.75) is 30.9 Å². The van der Waals surface area contributed by atoms with Crippen LogP contribution in [0.15, 0.2) is 18.2 Å². The number of anilines is 1. The molecule has 3 rings (SSSR count). The van der Waals surface area contributed by atoms with E-state index in [1.165, 1.54) is 6.07 Å². The minimum Gasteiger partial charge on any atom is -0.487 e. The molecule has 1 aromatic rings. The van der Waals surface area contributed by atoms with Crippen molar-refractivity contribution in [3.05, 3.63) is 23.8 Å². The number of nitrogens with two attached hydrogens (primary N) is 1. The molecule has 4 nitrogen and oxygen atoms in total. The molecule has 2 aliphatic heterocycles. The largest absolute Gasteiger partial charge is 0.487 e. The number of benzene rings is 1. The molecule has 0 saturated carbocycles. The van der Waals surface area contributed by atoms with Gasteiger partial charge in [-0.25, -0.2) is 4.39 Å². The van der Waals surface area contributed by atoms with Gasteiger partial charge in [0.15, 0.2) is 0 Å². The molecule has 0 aliphatic carbocycles. The van der Waals surface area contributed by atoms with Gasteiger partial charge in [0.2, 0.25) is 0 Å². The van der Waals surface area contributed by atoms with E-state index in [0.29, 0.717) is 26.2 Å². The zero-order chi connectivity index (χ0) is 16.6. The highest BCUT2D eigenvalue weighted by Gasteiger charge is 2.39. The summed E-state index contributed by atoms with van der Waals surface area (Å²) in [4.78, 5) is 1.96. The minimum absolute atomic E-state index is 0.0127. The van der Waals surface area contributed by atoms with Crippen molar-refractivity contribution in [2.75, 3.05) is 32.0 Å². The molecule has 2 unspecified atom stereocenters. The summed E-state index contributed by atoms with van der Waals surface area (Å²) in [5.41, 5.74) is 4.42. The lowest BCUT2D eigenvalue weighted by molar-refractivity contribution is -0.140. The first kappa shape index (κ1) is 16.3. The van der Waals surface area contributed by atoms with E-state index in [1.807, 2.05) is 4.90 Å². The highest BCUT2D eigenvalue weighted by atomic mass is 19.4. The van der Waals surface area contributed by atoms with Crippen LogP contribution in [0.25, 0.3) is 0 Å². The van der Waals surface area contributed by atoms with Crippen LogP contribution in [0.1, 0.15) is 12.0 Å². The summed E-state index contributed by atoms with van der Waals surface area (Å²) in [6.07, 6.45) is -6.50. The van der Waals surface area contributed by atoms with E-state index in [4.69, 9.17) is 15.2 Å². The third-order valence-electron chi connectivity index (χ3n) is 4.24. The van der Waals surface area contributed by atoms with Crippen molar-refractivity contribution in [1.29, 1.82) is 0 Å². The summed E-state index contributed by atoms with van der Waals surface area (Å²) >= 11 is 0. The van der Waals surface area contributed by atoms with E-state index in [1.54, 1.807) is 0 Å². The summed E-state index contributed by atoms with van der Waals surface area (Å²) in [6, 6.07) is 3.48. The average molecular weight is 334 g/mol. The van der Waals surface area contributed by atoms with Crippen molar-refractivity contribution in [2.24, 2.45) is 0 Å². The second-order valence-electron chi connectivity index (χ2n) is 5.90. The van der Waals surface area contributed by atoms with Crippen LogP contribution in [0.3, 0.4) is 0 Å². The Kier molecular flexibility index (Phi) is 4.37. The lowest BCUT2D eigenvalue weighted by Gasteiger charge is -2.42. The number of halogens is 4. The topological polar surface area (TPSA) is 47.7 Å². The molecule has 0 amide bonds. The number of nitrogen functional groups attached to an aromatic ring is 1. The highest BCUT2D eigenvalue weighted by Crippen LogP contribution is 2.38. The number of piperidine rings is 1. The zero-order valence-electron chi connectivity index (χ0n) is 12.4. The van der Waals surface area contributed by atoms with Gasteiger partial charge in [-0.1, -0.05) is 0 Å². The maximum atomic E-state index is 14.3. The molecule has 2 heterocycles. The SMILES string of the molecule is Nc1ccc(OC2CCN(C3COC3)CC2F)c(C(F)(F)F)c1. The van der Waals surface area contributed by atoms with Crippen molar-refractivity contribution in [3.63, 3.8) is 0 Å². The Hall–Kier alpha value is -1.54. The molecule has 0 aromatic heterocycles. The Labute approximate surface area is 131 Å². The van der Waals surface area contributed by atoms with Gasteiger partial charge in [0.25, 0.3) is 0 Å². The summed E-state index contributed by atoms with van der Waals surface area (Å²) in [5.74, 6) is -0.375. The maximum Gasteiger partial charge on any atom is 0.420 e. The van der Waals surface area contributed by atoms with E-state index in [0.717, 1.165) is 12.1 Å². The second kappa shape index (κ2) is 6.16. The fraction of sp³-hybridized carbons (Fsp3) is 0.600. The molecule has 2 aliphatic rings. The monoisotopic (exact) mass is 334 g/mol. The average Bonchev–Trinajstić information content (AvgIpc) is 2.40. The normalized spacial score (nSPS) is 26.8. The van der Waals surface area contributed by atoms with Gasteiger partial charge in [-0.3, -0.25) is 4.90 Å². The first-order valence-electron chi connectivity index (χ1n) is 7.44. The Balaban J connectivity index is 1.70. The molecule has 8 heteroatoms. The van der Waals surface area contributed by atoms with Gasteiger partial charge in [-0.2, -0.15) is 13.2 Å². The standard InChI is InChI=1S/C15H18F4N2O2/c16-12-6-21(10-7-22-8-10)4-3-14(12)23-13-2-1-9(20)5-11(13)15(17,18)19/h1-2,5,10,12,14H,3-4,6-8,20H2. The van der Waals surface area contributed by atoms with Crippen molar-refractivity contribution < 1.29 is 27.0 Å². The molecule has 0 bridgehead atoms. The number of nitrogens with zero attached hydrogens (tertiary/aromatic N) is 1. The number of alkyl halides is 4. The highest BCUT2D eigenvalue weighted by molar-refractivity contribution is 5.49. The Morgan fingerprint density at radius 1 is 1.26 bits per heavy atom. The minimum atomic E-state index is -4.60. The fourth-order valence-corrected chi connectivity index (χ4v) is 2.84. The van der Waals surface area contributed by atoms with E-state index in [2.05, 4.69) is 0 Å². The number of hydrogen-bond acceptors (Lipinski definition) is 4. The van der Waals surface area contributed by atoms with E-state index in [-0.39, 0.29) is 24.0 Å². The molecule has 1 aromatic carbocycles. The van der Waals surface area contributed by atoms with Crippen LogP contribution < -0.4 is 10.5 Å². The van der Waals surface area contributed by atoms with Gasteiger partial charge in [-0.15, -0.1) is 0 Å². The second-order valence-corrected chi connectivity index (χ2v) is 5.90. The molecule has 2 fully saturated rings. The van der Waals surface area contributed by atoms with Gasteiger partial charge in [0.1, 0.15) is 18.0 Å². The van der Waals surface area contributed by atoms with Gasteiger partial charge in [-0.05, 0) is 24.6 Å². The van der Waals surface area contributed by atoms with Gasteiger partial charge in [0, 0.05) is 18.8 Å². The van der Waals surface area contributed by atoms with Crippen molar-refractivity contribution >= 4 is 5.69 Å². The summed E-state index contributed by atoms with van der Waals surface area (Å²) < 4.78 is 63.9. The smallest absolute Gasteiger partial charge is 0.420 e. The van der Waals surface area contributed by atoms with Gasteiger partial charge in [0.05, 0.1) is 24.8 Å². The molecule has 2 atom stereocenters. The third kappa shape index (κ3) is 3.53. The number of likely N-dealkylation sites (tertiary alicyclic amines) is 1. The number of ether oxygens (including phenoxy) is 2. The predicted molar refractivity (Wildman–Crippen MR) is 76.0 cm³/mol. The molecule has 23 heavy (non-hydrogen) atoms. The van der Waals surface area contributed by atoms with Crippen LogP contribution in [0.2, 0.25) is 0 Å². The number of rotatable bonds is 3. The molecule has 2 N–H and O–H groups in total. The fourth-order valence-electron chi connectivity index (χ4n) is 2.84. The van der Waals surface area contributed by atoms with E-state index >= 15 is 0 Å². The van der Waals surface area contributed by atoms with Crippen LogP contribution in [-0.2, 0) is 10.9 Å². The lowest BCUT2D eigenvalue weighted by atomic mass is 10.0. The summed E-state index contributed by atoms with van der Waals surface area (Å²) in [6.45, 7) is 1.88. The molecule has 128 valence electrons. The molecule has 2 saturated heterocycles. The Bertz CT molecular complexity index is 563. The van der Waals surface area contributed by atoms with Gasteiger partial charge < -0.3 is 15.2 Å². The molecule has 0 radical (unpaired) electrons. The first-order chi connectivity index (χ1) is 10.8. The Morgan fingerprint density at radius 3 is 2.57 bits per heavy atom. The van der Waals surface area contributed by atoms with E-state index in [9.17, 15) is 17.6 Å². The van der Waals surface area contributed by atoms with Crippen LogP contribution in [0.4, 0.5) is 23.2 Å². The van der Waals surface area contributed by atoms with Crippen LogP contribution in [0, 0.1) is 0 Å². The van der Waals surface area contributed by atoms with Crippen molar-refractivity contribution in [3.8, 4) is 5.75 Å². The first-order valence-corrected chi connectivity index (χ1v) is 7.44. The maximum absolute atomic E-state index is 14.3. The molecular weight excluding hydrogens is 316 g/mol. The van der Waals surface area contributed by atoms with E-state index < -0.39 is 24.0 Å². The van der Waals surface area contributed by atoms with Gasteiger partial charge >= 0.3 is 6.18 Å². The lowest BCUT2D eigenvalue weighted by Crippen LogP contribution is -2.56. The van der Waals surface area contributed by atoms with Crippen molar-refractivity contribution in [1.82, 2.24) is 4.90 Å². The van der Waals surface area contributed by atoms with Crippen LogP contribution in [-0.4, -0.2) is 49.5 Å². The van der Waals surface area contributed by atoms with Crippen LogP contribution in [0.5, 0.6) is 5.75 Å². The summed E-state index contributed by atoms with van der Waals surface area (Å²) in [7, 11) is 0. The zero-order valence-corrected chi connectivity index (χ0v) is 12.4. The predicted octanol–water partition coefficient (Wildman–Crippen LogP) is 2.48. The summed E-state index contributed by atoms with van der Waals surface area (Å²) in [5, 5.41) is 0. The Morgan fingerprint density at radius 2 is 2.00 bits per heavy atom.